The molecular weight excluding hydrogens is 274 g/mol. The predicted octanol–water partition coefficient (Wildman–Crippen LogP) is 4.43. The number of hydrogen-bond acceptors (Lipinski definition) is 4. The van der Waals surface area contributed by atoms with E-state index < -0.39 is 0 Å². The third-order valence-corrected chi connectivity index (χ3v) is 3.62. The van der Waals surface area contributed by atoms with Gasteiger partial charge >= 0.3 is 0 Å². The summed E-state index contributed by atoms with van der Waals surface area (Å²) in [6, 6.07) is 13.7. The Bertz CT molecular complexity index is 747. The fraction of sp³-hybridized carbons (Fsp3) is 0.167. The van der Waals surface area contributed by atoms with Gasteiger partial charge in [0, 0.05) is 11.4 Å². The highest BCUT2D eigenvalue weighted by molar-refractivity contribution is 6.08. The van der Waals surface area contributed by atoms with Crippen LogP contribution in [0.1, 0.15) is 13.8 Å². The van der Waals surface area contributed by atoms with Gasteiger partial charge in [-0.25, -0.2) is 4.99 Å². The van der Waals surface area contributed by atoms with Gasteiger partial charge < -0.3 is 15.4 Å². The standard InChI is InChI=1S/C18H19N3O/c1-4-22-16-8-6-15(7-9-16)21-13(3)12(2)20-17-11-14(19)5-10-18(17)21/h5-11H,3-4,19H2,1-2H3. The number of allylic oxidation sites excluding steroid dienone is 1. The van der Waals surface area contributed by atoms with Gasteiger partial charge in [-0.2, -0.15) is 0 Å². The Morgan fingerprint density at radius 2 is 1.91 bits per heavy atom. The van der Waals surface area contributed by atoms with Gasteiger partial charge in [0.15, 0.2) is 0 Å². The van der Waals surface area contributed by atoms with Crippen molar-refractivity contribution < 1.29 is 4.74 Å². The second kappa shape index (κ2) is 5.56. The van der Waals surface area contributed by atoms with Gasteiger partial charge in [0.05, 0.1) is 29.4 Å². The molecule has 0 unspecified atom stereocenters. The van der Waals surface area contributed by atoms with E-state index >= 15 is 0 Å². The Morgan fingerprint density at radius 3 is 2.59 bits per heavy atom. The number of hydrogen-bond donors (Lipinski definition) is 1. The van der Waals surface area contributed by atoms with Gasteiger partial charge in [0.1, 0.15) is 5.75 Å². The maximum atomic E-state index is 5.87. The van der Waals surface area contributed by atoms with E-state index in [4.69, 9.17) is 10.5 Å². The summed E-state index contributed by atoms with van der Waals surface area (Å²) in [6.07, 6.45) is 0. The van der Waals surface area contributed by atoms with E-state index in [9.17, 15) is 0 Å². The Balaban J connectivity index is 2.06. The van der Waals surface area contributed by atoms with Crippen LogP contribution in [0.4, 0.5) is 22.7 Å². The van der Waals surface area contributed by atoms with E-state index in [-0.39, 0.29) is 0 Å². The second-order valence-corrected chi connectivity index (χ2v) is 5.15. The fourth-order valence-corrected chi connectivity index (χ4v) is 2.52. The van der Waals surface area contributed by atoms with Crippen molar-refractivity contribution in [1.82, 2.24) is 0 Å². The summed E-state index contributed by atoms with van der Waals surface area (Å²) >= 11 is 0. The van der Waals surface area contributed by atoms with Crippen molar-refractivity contribution in [3.63, 3.8) is 0 Å². The average Bonchev–Trinajstić information content (AvgIpc) is 2.50. The normalized spacial score (nSPS) is 13.6. The van der Waals surface area contributed by atoms with Crippen LogP contribution in [0.15, 0.2) is 59.7 Å². The Morgan fingerprint density at radius 1 is 1.18 bits per heavy atom. The molecule has 0 saturated heterocycles. The smallest absolute Gasteiger partial charge is 0.119 e. The van der Waals surface area contributed by atoms with Gasteiger partial charge in [-0.3, -0.25) is 0 Å². The lowest BCUT2D eigenvalue weighted by atomic mass is 10.1. The molecule has 1 heterocycles. The minimum Gasteiger partial charge on any atom is -0.494 e. The molecule has 112 valence electrons. The molecule has 0 atom stereocenters. The quantitative estimate of drug-likeness (QED) is 0.852. The van der Waals surface area contributed by atoms with Gasteiger partial charge in [0.25, 0.3) is 0 Å². The van der Waals surface area contributed by atoms with E-state index in [0.717, 1.165) is 34.2 Å². The van der Waals surface area contributed by atoms with Crippen molar-refractivity contribution in [3.05, 3.63) is 54.7 Å². The number of anilines is 3. The minimum absolute atomic E-state index is 0.656. The molecule has 0 bridgehead atoms. The summed E-state index contributed by atoms with van der Waals surface area (Å²) in [5.41, 5.74) is 11.2. The molecule has 2 N–H and O–H groups in total. The van der Waals surface area contributed by atoms with Crippen LogP contribution < -0.4 is 15.4 Å². The minimum atomic E-state index is 0.656. The van der Waals surface area contributed by atoms with E-state index in [2.05, 4.69) is 16.5 Å². The van der Waals surface area contributed by atoms with Crippen molar-refractivity contribution >= 4 is 28.5 Å². The number of fused-ring (bicyclic) bond motifs is 1. The molecule has 0 saturated carbocycles. The number of nitrogens with two attached hydrogens (primary N) is 1. The Hall–Kier alpha value is -2.75. The molecule has 3 rings (SSSR count). The zero-order chi connectivity index (χ0) is 15.7. The zero-order valence-corrected chi connectivity index (χ0v) is 12.8. The number of rotatable bonds is 3. The predicted molar refractivity (Wildman–Crippen MR) is 92.5 cm³/mol. The largest absolute Gasteiger partial charge is 0.494 e. The lowest BCUT2D eigenvalue weighted by Crippen LogP contribution is -2.23. The van der Waals surface area contributed by atoms with Crippen molar-refractivity contribution in [2.24, 2.45) is 4.99 Å². The number of nitrogens with zero attached hydrogens (tertiary/aromatic N) is 2. The number of ether oxygens (including phenoxy) is 1. The molecule has 0 spiro atoms. The summed E-state index contributed by atoms with van der Waals surface area (Å²) in [6.45, 7) is 8.75. The van der Waals surface area contributed by atoms with Gasteiger partial charge in [-0.05, 0) is 56.3 Å². The highest BCUT2D eigenvalue weighted by Crippen LogP contribution is 2.41. The first-order chi connectivity index (χ1) is 10.6. The molecule has 22 heavy (non-hydrogen) atoms. The summed E-state index contributed by atoms with van der Waals surface area (Å²) < 4.78 is 5.50. The van der Waals surface area contributed by atoms with Crippen molar-refractivity contribution in [1.29, 1.82) is 0 Å². The Kier molecular flexibility index (Phi) is 3.59. The zero-order valence-electron chi connectivity index (χ0n) is 12.8. The van der Waals surface area contributed by atoms with Crippen LogP contribution in [0.3, 0.4) is 0 Å². The Labute approximate surface area is 130 Å². The van der Waals surface area contributed by atoms with Crippen LogP contribution >= 0.6 is 0 Å². The summed E-state index contributed by atoms with van der Waals surface area (Å²) in [4.78, 5) is 6.67. The molecule has 4 nitrogen and oxygen atoms in total. The number of benzene rings is 2. The average molecular weight is 293 g/mol. The highest BCUT2D eigenvalue weighted by atomic mass is 16.5. The molecule has 0 aliphatic carbocycles. The molecule has 1 aliphatic rings. The number of nitrogen functional groups attached to an aromatic ring is 1. The van der Waals surface area contributed by atoms with Crippen LogP contribution in [-0.2, 0) is 0 Å². The monoisotopic (exact) mass is 293 g/mol. The van der Waals surface area contributed by atoms with E-state index in [1.165, 1.54) is 0 Å². The van der Waals surface area contributed by atoms with E-state index in [0.29, 0.717) is 12.3 Å². The van der Waals surface area contributed by atoms with Crippen LogP contribution in [0.5, 0.6) is 5.75 Å². The SMILES string of the molecule is C=C1C(C)=Nc2cc(N)ccc2N1c1ccc(OCC)cc1. The third kappa shape index (κ3) is 2.44. The summed E-state index contributed by atoms with van der Waals surface area (Å²) in [5.74, 6) is 0.858. The maximum absolute atomic E-state index is 5.87. The van der Waals surface area contributed by atoms with Crippen LogP contribution in [0, 0.1) is 0 Å². The van der Waals surface area contributed by atoms with Gasteiger partial charge in [-0.15, -0.1) is 0 Å². The van der Waals surface area contributed by atoms with Crippen LogP contribution in [-0.4, -0.2) is 12.3 Å². The first-order valence-electron chi connectivity index (χ1n) is 7.27. The third-order valence-electron chi connectivity index (χ3n) is 3.62. The summed E-state index contributed by atoms with van der Waals surface area (Å²) in [7, 11) is 0. The van der Waals surface area contributed by atoms with Gasteiger partial charge in [0.2, 0.25) is 0 Å². The molecule has 0 aromatic heterocycles. The lowest BCUT2D eigenvalue weighted by molar-refractivity contribution is 0.340. The second-order valence-electron chi connectivity index (χ2n) is 5.15. The molecule has 0 fully saturated rings. The van der Waals surface area contributed by atoms with Crippen LogP contribution in [0.25, 0.3) is 0 Å². The molecular formula is C18H19N3O. The summed E-state index contributed by atoms with van der Waals surface area (Å²) in [5, 5.41) is 0. The molecule has 0 radical (unpaired) electrons. The van der Waals surface area contributed by atoms with Crippen molar-refractivity contribution in [2.75, 3.05) is 17.2 Å². The van der Waals surface area contributed by atoms with E-state index in [1.54, 1.807) is 0 Å². The molecule has 2 aromatic carbocycles. The van der Waals surface area contributed by atoms with Crippen molar-refractivity contribution in [3.8, 4) is 5.75 Å². The lowest BCUT2D eigenvalue weighted by Gasteiger charge is -2.31. The molecule has 0 amide bonds. The molecule has 2 aromatic rings. The van der Waals surface area contributed by atoms with Gasteiger partial charge in [-0.1, -0.05) is 6.58 Å². The first-order valence-corrected chi connectivity index (χ1v) is 7.27. The topological polar surface area (TPSA) is 50.8 Å². The van der Waals surface area contributed by atoms with Crippen molar-refractivity contribution in [2.45, 2.75) is 13.8 Å². The first kappa shape index (κ1) is 14.2. The maximum Gasteiger partial charge on any atom is 0.119 e. The molecule has 4 heteroatoms. The molecule has 1 aliphatic heterocycles. The highest BCUT2D eigenvalue weighted by Gasteiger charge is 2.22. The fourth-order valence-electron chi connectivity index (χ4n) is 2.52. The van der Waals surface area contributed by atoms with Crippen LogP contribution in [0.2, 0.25) is 0 Å². The van der Waals surface area contributed by atoms with E-state index in [1.807, 2.05) is 56.3 Å². The number of aliphatic imine (C=N–C) groups is 1.